The van der Waals surface area contributed by atoms with Gasteiger partial charge in [0, 0.05) is 23.5 Å². The van der Waals surface area contributed by atoms with Gasteiger partial charge in [-0.3, -0.25) is 14.5 Å². The van der Waals surface area contributed by atoms with Crippen LogP contribution < -0.4 is 5.32 Å². The molecule has 6 heteroatoms. The lowest BCUT2D eigenvalue weighted by atomic mass is 9.93. The summed E-state index contributed by atoms with van der Waals surface area (Å²) in [5.74, 6) is -0.575. The summed E-state index contributed by atoms with van der Waals surface area (Å²) in [6, 6.07) is 21.4. The molecule has 3 amide bonds. The van der Waals surface area contributed by atoms with E-state index >= 15 is 0 Å². The van der Waals surface area contributed by atoms with E-state index < -0.39 is 11.6 Å². The highest BCUT2D eigenvalue weighted by Crippen LogP contribution is 2.25. The Bertz CT molecular complexity index is 1200. The van der Waals surface area contributed by atoms with Crippen molar-refractivity contribution >= 4 is 17.7 Å². The van der Waals surface area contributed by atoms with Crippen molar-refractivity contribution < 1.29 is 14.4 Å². The molecule has 1 aliphatic heterocycles. The van der Waals surface area contributed by atoms with Crippen molar-refractivity contribution in [2.75, 3.05) is 6.54 Å². The monoisotopic (exact) mass is 457 g/mol. The molecule has 1 atom stereocenters. The van der Waals surface area contributed by atoms with Gasteiger partial charge in [0.1, 0.15) is 5.54 Å². The van der Waals surface area contributed by atoms with Gasteiger partial charge in [0.25, 0.3) is 5.91 Å². The predicted molar refractivity (Wildman–Crippen MR) is 132 cm³/mol. The number of nitrogens with one attached hydrogen (secondary N) is 1. The number of nitrogens with zero attached hydrogens (tertiary/aromatic N) is 2. The lowest BCUT2D eigenvalue weighted by Gasteiger charge is -2.21. The maximum Gasteiger partial charge on any atom is 0.325 e. The van der Waals surface area contributed by atoms with Crippen LogP contribution in [0.15, 0.2) is 66.7 Å². The number of aryl methyl sites for hydroxylation is 3. The number of carbonyl (C=O) groups is 3. The van der Waals surface area contributed by atoms with Gasteiger partial charge in [-0.05, 0) is 57.2 Å². The van der Waals surface area contributed by atoms with E-state index in [0.717, 1.165) is 34.8 Å². The molecule has 1 aromatic heterocycles. The van der Waals surface area contributed by atoms with Crippen LogP contribution in [0.25, 0.3) is 0 Å². The zero-order chi connectivity index (χ0) is 24.3. The van der Waals surface area contributed by atoms with Crippen molar-refractivity contribution in [1.82, 2.24) is 14.8 Å². The van der Waals surface area contributed by atoms with Crippen molar-refractivity contribution in [3.8, 4) is 0 Å². The minimum absolute atomic E-state index is 0.227. The molecule has 0 aliphatic carbocycles. The number of imide groups is 1. The molecule has 2 aromatic carbocycles. The Morgan fingerprint density at radius 2 is 1.50 bits per heavy atom. The molecule has 3 aromatic rings. The Hall–Kier alpha value is -3.67. The number of carbonyl (C=O) groups excluding carboxylic acids is 3. The van der Waals surface area contributed by atoms with E-state index in [9.17, 15) is 14.4 Å². The summed E-state index contributed by atoms with van der Waals surface area (Å²) < 4.78 is 2.12. The number of aromatic nitrogens is 1. The number of hydrogen-bond donors (Lipinski definition) is 1. The first-order valence-electron chi connectivity index (χ1n) is 11.7. The lowest BCUT2D eigenvalue weighted by Crippen LogP contribution is -2.44. The normalized spacial score (nSPS) is 17.8. The summed E-state index contributed by atoms with van der Waals surface area (Å²) in [5, 5.41) is 2.81. The molecule has 0 spiro atoms. The molecule has 0 radical (unpaired) electrons. The van der Waals surface area contributed by atoms with Crippen LogP contribution in [0.4, 0.5) is 4.79 Å². The smallest absolute Gasteiger partial charge is 0.325 e. The van der Waals surface area contributed by atoms with Gasteiger partial charge in [0.2, 0.25) is 0 Å². The molecule has 0 saturated carbocycles. The number of hydrogen-bond acceptors (Lipinski definition) is 3. The molecule has 6 nitrogen and oxygen atoms in total. The zero-order valence-corrected chi connectivity index (χ0v) is 20.0. The van der Waals surface area contributed by atoms with E-state index in [-0.39, 0.29) is 18.2 Å². The highest BCUT2D eigenvalue weighted by atomic mass is 16.2. The number of ketones is 1. The lowest BCUT2D eigenvalue weighted by molar-refractivity contribution is -0.130. The van der Waals surface area contributed by atoms with Crippen LogP contribution >= 0.6 is 0 Å². The molecule has 1 N–H and O–H groups in total. The number of benzene rings is 2. The Morgan fingerprint density at radius 3 is 2.12 bits per heavy atom. The van der Waals surface area contributed by atoms with Crippen molar-refractivity contribution in [2.45, 2.75) is 52.1 Å². The molecule has 1 saturated heterocycles. The average molecular weight is 458 g/mol. The van der Waals surface area contributed by atoms with Crippen LogP contribution in [0.1, 0.15) is 46.2 Å². The van der Waals surface area contributed by atoms with Crippen LogP contribution in [0.2, 0.25) is 0 Å². The second-order valence-electron chi connectivity index (χ2n) is 9.23. The third-order valence-electron chi connectivity index (χ3n) is 6.74. The first-order chi connectivity index (χ1) is 16.3. The minimum atomic E-state index is -1.01. The summed E-state index contributed by atoms with van der Waals surface area (Å²) >= 11 is 0. The summed E-state index contributed by atoms with van der Waals surface area (Å²) in [5.41, 5.74) is 3.73. The summed E-state index contributed by atoms with van der Waals surface area (Å²) in [4.78, 5) is 40.0. The van der Waals surface area contributed by atoms with Crippen LogP contribution in [0.3, 0.4) is 0 Å². The molecule has 1 aliphatic rings. The van der Waals surface area contributed by atoms with E-state index in [4.69, 9.17) is 0 Å². The van der Waals surface area contributed by atoms with Crippen molar-refractivity contribution in [3.05, 3.63) is 94.8 Å². The SMILES string of the molecule is Cc1cc(C(=O)CN2C(=O)N[C@](C)(CCc3ccccc3)C2=O)c(C)n1CCc1ccccc1. The van der Waals surface area contributed by atoms with Gasteiger partial charge in [-0.15, -0.1) is 0 Å². The van der Waals surface area contributed by atoms with Crippen LogP contribution in [0, 0.1) is 13.8 Å². The van der Waals surface area contributed by atoms with Gasteiger partial charge < -0.3 is 9.88 Å². The molecule has 4 rings (SSSR count). The van der Waals surface area contributed by atoms with Crippen molar-refractivity contribution in [2.24, 2.45) is 0 Å². The second kappa shape index (κ2) is 9.67. The van der Waals surface area contributed by atoms with E-state index in [0.29, 0.717) is 18.4 Å². The first-order valence-corrected chi connectivity index (χ1v) is 11.7. The third kappa shape index (κ3) is 4.81. The predicted octanol–water partition coefficient (Wildman–Crippen LogP) is 4.47. The second-order valence-corrected chi connectivity index (χ2v) is 9.23. The fourth-order valence-corrected chi connectivity index (χ4v) is 4.64. The highest BCUT2D eigenvalue weighted by molar-refractivity contribution is 6.11. The molecule has 34 heavy (non-hydrogen) atoms. The number of urea groups is 1. The molecule has 0 bridgehead atoms. The minimum Gasteiger partial charge on any atom is -0.348 e. The largest absolute Gasteiger partial charge is 0.348 e. The van der Waals surface area contributed by atoms with Gasteiger partial charge >= 0.3 is 6.03 Å². The van der Waals surface area contributed by atoms with Gasteiger partial charge in [0.05, 0.1) is 6.54 Å². The van der Waals surface area contributed by atoms with E-state index in [1.165, 1.54) is 5.56 Å². The fraction of sp³-hybridized carbons (Fsp3) is 0.321. The average Bonchev–Trinajstić information content (AvgIpc) is 3.24. The number of rotatable bonds is 9. The molecule has 1 fully saturated rings. The van der Waals surface area contributed by atoms with E-state index in [1.807, 2.05) is 68.4 Å². The number of Topliss-reactive ketones (excluding diaryl/α,β-unsaturated/α-hetero) is 1. The maximum absolute atomic E-state index is 13.2. The topological polar surface area (TPSA) is 71.4 Å². The maximum atomic E-state index is 13.2. The molecular formula is C28H31N3O3. The summed E-state index contributed by atoms with van der Waals surface area (Å²) in [7, 11) is 0. The standard InChI is InChI=1S/C28H31N3O3/c1-20-18-24(21(2)30(20)17-15-23-12-8-5-9-13-23)25(32)19-31-26(33)28(3,29-27(31)34)16-14-22-10-6-4-7-11-22/h4-13,18H,14-17,19H2,1-3H3,(H,29,34)/t28-/m1/s1. The third-order valence-corrected chi connectivity index (χ3v) is 6.74. The Morgan fingerprint density at radius 1 is 0.912 bits per heavy atom. The highest BCUT2D eigenvalue weighted by Gasteiger charge is 2.48. The van der Waals surface area contributed by atoms with E-state index in [2.05, 4.69) is 22.0 Å². The van der Waals surface area contributed by atoms with Crippen LogP contribution in [0.5, 0.6) is 0 Å². The Labute approximate surface area is 200 Å². The quantitative estimate of drug-likeness (QED) is 0.381. The molecule has 0 unspecified atom stereocenters. The van der Waals surface area contributed by atoms with E-state index in [1.54, 1.807) is 6.92 Å². The number of amides is 3. The van der Waals surface area contributed by atoms with Gasteiger partial charge in [-0.1, -0.05) is 60.7 Å². The van der Waals surface area contributed by atoms with Crippen molar-refractivity contribution in [1.29, 1.82) is 0 Å². The summed E-state index contributed by atoms with van der Waals surface area (Å²) in [6.45, 7) is 6.13. The fourth-order valence-electron chi connectivity index (χ4n) is 4.64. The van der Waals surface area contributed by atoms with Gasteiger partial charge in [-0.2, -0.15) is 0 Å². The molecule has 176 valence electrons. The summed E-state index contributed by atoms with van der Waals surface area (Å²) in [6.07, 6.45) is 1.99. The molecular weight excluding hydrogens is 426 g/mol. The van der Waals surface area contributed by atoms with Gasteiger partial charge in [0.15, 0.2) is 5.78 Å². The van der Waals surface area contributed by atoms with Crippen LogP contribution in [-0.4, -0.2) is 39.3 Å². The van der Waals surface area contributed by atoms with Crippen LogP contribution in [-0.2, 0) is 24.2 Å². The first kappa shape index (κ1) is 23.5. The molecule has 2 heterocycles. The zero-order valence-electron chi connectivity index (χ0n) is 20.0. The Balaban J connectivity index is 1.43. The Kier molecular flexibility index (Phi) is 6.68. The van der Waals surface area contributed by atoms with Crippen molar-refractivity contribution in [3.63, 3.8) is 0 Å². The van der Waals surface area contributed by atoms with Gasteiger partial charge in [-0.25, -0.2) is 4.79 Å².